The molecule has 0 aliphatic carbocycles. The molecule has 0 saturated carbocycles. The molecule has 52 heavy (non-hydrogen) atoms. The molecule has 0 aromatic heterocycles. The van der Waals surface area contributed by atoms with Crippen molar-refractivity contribution in [1.82, 2.24) is 5.32 Å². The second-order valence-corrected chi connectivity index (χ2v) is 17.2. The molecule has 9 heteroatoms. The monoisotopic (exact) mass is 756 g/mol. The molecule has 0 fully saturated rings. The van der Waals surface area contributed by atoms with Crippen molar-refractivity contribution in [1.29, 1.82) is 0 Å². The number of aliphatic hydroxyl groups excluding tert-OH is 1. The first-order valence-electron chi connectivity index (χ1n) is 21.4. The van der Waals surface area contributed by atoms with Crippen LogP contribution in [0.4, 0.5) is 0 Å². The van der Waals surface area contributed by atoms with Crippen molar-refractivity contribution in [2.45, 2.75) is 193 Å². The highest BCUT2D eigenvalue weighted by Crippen LogP contribution is 2.43. The van der Waals surface area contributed by atoms with E-state index >= 15 is 0 Å². The molecule has 0 aromatic carbocycles. The molecule has 0 aliphatic rings. The Hall–Kier alpha value is -1.28. The topological polar surface area (TPSA) is 105 Å². The smallest absolute Gasteiger partial charge is 0.387 e. The Morgan fingerprint density at radius 3 is 1.58 bits per heavy atom. The number of quaternary nitrogens is 1. The van der Waals surface area contributed by atoms with E-state index in [4.69, 9.17) is 9.05 Å². The van der Waals surface area contributed by atoms with Gasteiger partial charge in [0, 0.05) is 6.42 Å². The van der Waals surface area contributed by atoms with Gasteiger partial charge < -0.3 is 19.8 Å². The van der Waals surface area contributed by atoms with E-state index in [1.165, 1.54) is 122 Å². The molecular weight excluding hydrogens is 671 g/mol. The molecule has 3 N–H and O–H groups in total. The van der Waals surface area contributed by atoms with Gasteiger partial charge in [-0.15, -0.1) is 0 Å². The predicted octanol–water partition coefficient (Wildman–Crippen LogP) is 11.5. The minimum atomic E-state index is -4.35. The summed E-state index contributed by atoms with van der Waals surface area (Å²) in [6.45, 7) is 4.75. The van der Waals surface area contributed by atoms with Gasteiger partial charge in [-0.3, -0.25) is 13.8 Å². The summed E-state index contributed by atoms with van der Waals surface area (Å²) in [5.41, 5.74) is 0. The molecule has 1 amide bonds. The van der Waals surface area contributed by atoms with Gasteiger partial charge in [-0.1, -0.05) is 172 Å². The molecule has 0 radical (unpaired) electrons. The summed E-state index contributed by atoms with van der Waals surface area (Å²) in [6.07, 6.45) is 42.2. The van der Waals surface area contributed by atoms with Crippen molar-refractivity contribution < 1.29 is 32.9 Å². The molecule has 306 valence electrons. The van der Waals surface area contributed by atoms with Crippen LogP contribution in [0.25, 0.3) is 0 Å². The number of nitrogens with zero attached hydrogens (tertiary/aromatic N) is 1. The van der Waals surface area contributed by atoms with E-state index in [-0.39, 0.29) is 25.5 Å². The number of nitrogens with one attached hydrogen (secondary N) is 1. The summed E-state index contributed by atoms with van der Waals surface area (Å²) in [5, 5.41) is 13.7. The normalized spacial score (nSPS) is 14.8. The van der Waals surface area contributed by atoms with Crippen molar-refractivity contribution in [3.8, 4) is 0 Å². The van der Waals surface area contributed by atoms with Crippen molar-refractivity contribution in [3.05, 3.63) is 36.5 Å². The molecule has 3 unspecified atom stereocenters. The van der Waals surface area contributed by atoms with Crippen LogP contribution >= 0.6 is 7.82 Å². The highest BCUT2D eigenvalue weighted by atomic mass is 31.2. The molecular formula is C43H84N2O6P+. The van der Waals surface area contributed by atoms with Crippen molar-refractivity contribution in [2.75, 3.05) is 40.9 Å². The predicted molar refractivity (Wildman–Crippen MR) is 221 cm³/mol. The molecule has 0 aliphatic heterocycles. The molecule has 0 rings (SSSR count). The quantitative estimate of drug-likeness (QED) is 0.0251. The minimum absolute atomic E-state index is 0.0522. The van der Waals surface area contributed by atoms with Crippen molar-refractivity contribution in [3.63, 3.8) is 0 Å². The lowest BCUT2D eigenvalue weighted by Crippen LogP contribution is -2.45. The van der Waals surface area contributed by atoms with Gasteiger partial charge in [-0.25, -0.2) is 4.57 Å². The van der Waals surface area contributed by atoms with Crippen LogP contribution in [0.2, 0.25) is 0 Å². The zero-order valence-corrected chi connectivity index (χ0v) is 35.4. The van der Waals surface area contributed by atoms with Crippen LogP contribution in [0, 0.1) is 0 Å². The van der Waals surface area contributed by atoms with Gasteiger partial charge in [0.25, 0.3) is 0 Å². The number of unbranched alkanes of at least 4 members (excludes halogenated alkanes) is 21. The highest BCUT2D eigenvalue weighted by molar-refractivity contribution is 7.47. The standard InChI is InChI=1S/C43H83N2O6P/c1-6-8-10-12-14-16-18-20-21-22-23-25-26-28-30-32-34-36-42(46)41(40-51-52(48,49)50-39-38-45(3,4)5)44-43(47)37-35-33-31-29-27-24-19-17-15-13-11-9-7-2/h24,27,31,33-34,36,41-42,46H,6-23,25-26,28-30,32,35,37-40H2,1-5H3,(H-,44,47,48,49)/p+1/b27-24-,33-31-,36-34+. The Kier molecular flexibility index (Phi) is 34.6. The van der Waals surface area contributed by atoms with E-state index in [2.05, 4.69) is 37.4 Å². The van der Waals surface area contributed by atoms with E-state index in [0.717, 1.165) is 32.1 Å². The number of carbonyl (C=O) groups excluding carboxylic acids is 1. The van der Waals surface area contributed by atoms with Crippen molar-refractivity contribution >= 4 is 13.7 Å². The van der Waals surface area contributed by atoms with Crippen LogP contribution in [0.3, 0.4) is 0 Å². The zero-order valence-electron chi connectivity index (χ0n) is 34.5. The Labute approximate surface area is 321 Å². The number of phosphoric ester groups is 1. The van der Waals surface area contributed by atoms with E-state index in [1.807, 2.05) is 33.3 Å². The number of allylic oxidation sites excluding steroid dienone is 5. The van der Waals surface area contributed by atoms with E-state index in [9.17, 15) is 19.4 Å². The molecule has 0 bridgehead atoms. The second-order valence-electron chi connectivity index (χ2n) is 15.7. The number of hydrogen-bond donors (Lipinski definition) is 3. The van der Waals surface area contributed by atoms with Crippen molar-refractivity contribution in [2.24, 2.45) is 0 Å². The van der Waals surface area contributed by atoms with Gasteiger partial charge in [0.1, 0.15) is 13.2 Å². The number of likely N-dealkylation sites (N-methyl/N-ethyl adjacent to an activating group) is 1. The summed E-state index contributed by atoms with van der Waals surface area (Å²) in [7, 11) is 1.54. The Bertz CT molecular complexity index is 948. The SMILES string of the molecule is CCCCCCCC/C=C\C/C=C\CCC(=O)NC(COP(=O)(O)OCC[N+](C)(C)C)C(O)/C=C/CCCCCCCCCCCCCCCCC. The van der Waals surface area contributed by atoms with Gasteiger partial charge in [0.15, 0.2) is 0 Å². The fraction of sp³-hybridized carbons (Fsp3) is 0.837. The lowest BCUT2D eigenvalue weighted by atomic mass is 10.0. The lowest BCUT2D eigenvalue weighted by Gasteiger charge is -2.25. The van der Waals surface area contributed by atoms with Gasteiger partial charge in [0.05, 0.1) is 39.9 Å². The van der Waals surface area contributed by atoms with E-state index in [0.29, 0.717) is 17.4 Å². The van der Waals surface area contributed by atoms with Gasteiger partial charge >= 0.3 is 7.82 Å². The first kappa shape index (κ1) is 50.7. The van der Waals surface area contributed by atoms with Gasteiger partial charge in [-0.2, -0.15) is 0 Å². The number of hydrogen-bond acceptors (Lipinski definition) is 5. The maximum atomic E-state index is 12.8. The fourth-order valence-electron chi connectivity index (χ4n) is 5.91. The highest BCUT2D eigenvalue weighted by Gasteiger charge is 2.27. The number of phosphoric acid groups is 1. The maximum absolute atomic E-state index is 12.8. The summed E-state index contributed by atoms with van der Waals surface area (Å²) >= 11 is 0. The Morgan fingerprint density at radius 2 is 1.10 bits per heavy atom. The third kappa shape index (κ3) is 37.1. The molecule has 3 atom stereocenters. The Morgan fingerprint density at radius 1 is 0.654 bits per heavy atom. The maximum Gasteiger partial charge on any atom is 0.472 e. The van der Waals surface area contributed by atoms with Gasteiger partial charge in [0.2, 0.25) is 5.91 Å². The molecule has 0 aromatic rings. The third-order valence-corrected chi connectivity index (χ3v) is 10.4. The molecule has 8 nitrogen and oxygen atoms in total. The van der Waals surface area contributed by atoms with Crippen LogP contribution in [-0.4, -0.2) is 73.4 Å². The van der Waals surface area contributed by atoms with Crippen LogP contribution in [-0.2, 0) is 18.4 Å². The average molecular weight is 756 g/mol. The largest absolute Gasteiger partial charge is 0.472 e. The number of rotatable bonds is 38. The average Bonchev–Trinajstić information content (AvgIpc) is 3.09. The number of amides is 1. The first-order valence-corrected chi connectivity index (χ1v) is 22.9. The van der Waals surface area contributed by atoms with E-state index < -0.39 is 20.0 Å². The second kappa shape index (κ2) is 35.4. The van der Waals surface area contributed by atoms with Crippen LogP contribution < -0.4 is 5.32 Å². The van der Waals surface area contributed by atoms with Crippen LogP contribution in [0.15, 0.2) is 36.5 Å². The first-order chi connectivity index (χ1) is 25.0. The number of aliphatic hydroxyl groups is 1. The zero-order chi connectivity index (χ0) is 38.6. The minimum Gasteiger partial charge on any atom is -0.387 e. The Balaban J connectivity index is 4.53. The third-order valence-electron chi connectivity index (χ3n) is 9.37. The van der Waals surface area contributed by atoms with E-state index in [1.54, 1.807) is 6.08 Å². The van der Waals surface area contributed by atoms with Crippen LogP contribution in [0.5, 0.6) is 0 Å². The fourth-order valence-corrected chi connectivity index (χ4v) is 6.65. The lowest BCUT2D eigenvalue weighted by molar-refractivity contribution is -0.870. The summed E-state index contributed by atoms with van der Waals surface area (Å²) < 4.78 is 23.5. The summed E-state index contributed by atoms with van der Waals surface area (Å²) in [6, 6.07) is -0.874. The summed E-state index contributed by atoms with van der Waals surface area (Å²) in [4.78, 5) is 23.0. The molecule has 0 spiro atoms. The molecule has 0 heterocycles. The molecule has 0 saturated heterocycles. The summed E-state index contributed by atoms with van der Waals surface area (Å²) in [5.74, 6) is -0.245. The van der Waals surface area contributed by atoms with Gasteiger partial charge in [-0.05, 0) is 38.5 Å². The number of carbonyl (C=O) groups is 1. The van der Waals surface area contributed by atoms with Crippen LogP contribution in [0.1, 0.15) is 181 Å².